The lowest BCUT2D eigenvalue weighted by atomic mass is 9.41. The summed E-state index contributed by atoms with van der Waals surface area (Å²) in [6.07, 6.45) is 5.91. The molecule has 1 aromatic carbocycles. The first-order valence-electron chi connectivity index (χ1n) is 12.9. The van der Waals surface area contributed by atoms with E-state index >= 15 is 0 Å². The van der Waals surface area contributed by atoms with Gasteiger partial charge in [-0.05, 0) is 62.3 Å². The maximum atomic E-state index is 13.6. The lowest BCUT2D eigenvalue weighted by Crippen LogP contribution is -2.68. The molecule has 0 N–H and O–H groups in total. The van der Waals surface area contributed by atoms with Gasteiger partial charge in [-0.15, -0.1) is 0 Å². The second kappa shape index (κ2) is 8.21. The SMILES string of the molecule is C=C1C(=O)O[C@@]23CC[C@H]4[C@@](C)(CCC[C@@]4(C)C(=O)OCc4ccccc4)[C@@H]2CC[C@@]1(OC(C)=O)C3. The highest BCUT2D eigenvalue weighted by atomic mass is 16.6. The van der Waals surface area contributed by atoms with Crippen LogP contribution in [0, 0.1) is 22.7 Å². The van der Waals surface area contributed by atoms with Gasteiger partial charge in [-0.25, -0.2) is 4.79 Å². The van der Waals surface area contributed by atoms with Crippen LogP contribution in [0.2, 0.25) is 0 Å². The number of fused-ring (bicyclic) bond motifs is 3. The van der Waals surface area contributed by atoms with Crippen molar-refractivity contribution in [3.8, 4) is 0 Å². The summed E-state index contributed by atoms with van der Waals surface area (Å²) in [5, 5.41) is 0. The number of ether oxygens (including phenoxy) is 3. The minimum Gasteiger partial charge on any atom is -0.460 e. The normalized spacial score (nSPS) is 40.1. The van der Waals surface area contributed by atoms with E-state index in [1.54, 1.807) is 0 Å². The molecule has 4 fully saturated rings. The van der Waals surface area contributed by atoms with Crippen molar-refractivity contribution in [3.63, 3.8) is 0 Å². The van der Waals surface area contributed by atoms with E-state index in [2.05, 4.69) is 20.4 Å². The Labute approximate surface area is 207 Å². The molecule has 5 rings (SSSR count). The molecule has 6 atom stereocenters. The van der Waals surface area contributed by atoms with E-state index in [-0.39, 0.29) is 35.4 Å². The molecule has 3 aliphatic carbocycles. The van der Waals surface area contributed by atoms with Crippen LogP contribution in [0.5, 0.6) is 0 Å². The van der Waals surface area contributed by atoms with Gasteiger partial charge in [-0.3, -0.25) is 9.59 Å². The van der Waals surface area contributed by atoms with E-state index in [0.717, 1.165) is 37.7 Å². The molecule has 188 valence electrons. The predicted molar refractivity (Wildman–Crippen MR) is 129 cm³/mol. The predicted octanol–water partition coefficient (Wildman–Crippen LogP) is 5.29. The van der Waals surface area contributed by atoms with E-state index in [0.29, 0.717) is 19.3 Å². The standard InChI is InChI=1S/C29H36O6/c1-19-24(31)35-29-16-11-22-26(3,23(29)12-15-28(19,18-29)34-20(2)30)13-8-14-27(22,4)25(32)33-17-21-9-6-5-7-10-21/h5-7,9-10,22-23H,1,8,11-18H2,2-4H3/t22-,23-,26+,27+,28+,29+/m0/s1. The third-order valence-corrected chi connectivity index (χ3v) is 9.80. The highest BCUT2D eigenvalue weighted by molar-refractivity contribution is 5.92. The fraction of sp³-hybridized carbons (Fsp3) is 0.621. The zero-order valence-electron chi connectivity index (χ0n) is 21.1. The zero-order valence-corrected chi connectivity index (χ0v) is 21.1. The van der Waals surface area contributed by atoms with Crippen LogP contribution in [-0.4, -0.2) is 29.1 Å². The Hall–Kier alpha value is -2.63. The van der Waals surface area contributed by atoms with Crippen LogP contribution >= 0.6 is 0 Å². The molecule has 35 heavy (non-hydrogen) atoms. The summed E-state index contributed by atoms with van der Waals surface area (Å²) in [5.74, 6) is -0.762. The molecule has 1 saturated heterocycles. The van der Waals surface area contributed by atoms with Gasteiger partial charge >= 0.3 is 17.9 Å². The second-order valence-corrected chi connectivity index (χ2v) is 11.7. The van der Waals surface area contributed by atoms with Crippen molar-refractivity contribution < 1.29 is 28.6 Å². The Balaban J connectivity index is 1.42. The van der Waals surface area contributed by atoms with Gasteiger partial charge in [0.05, 0.1) is 11.0 Å². The molecule has 0 radical (unpaired) electrons. The lowest BCUT2D eigenvalue weighted by Gasteiger charge is -2.66. The van der Waals surface area contributed by atoms with Gasteiger partial charge in [0.25, 0.3) is 0 Å². The van der Waals surface area contributed by atoms with Crippen LogP contribution in [0.1, 0.15) is 77.7 Å². The van der Waals surface area contributed by atoms with Crippen LogP contribution in [0.4, 0.5) is 0 Å². The molecule has 3 saturated carbocycles. The fourth-order valence-electron chi connectivity index (χ4n) is 8.30. The van der Waals surface area contributed by atoms with Crippen molar-refractivity contribution >= 4 is 17.9 Å². The zero-order chi connectivity index (χ0) is 25.1. The molecule has 2 bridgehead atoms. The van der Waals surface area contributed by atoms with E-state index in [4.69, 9.17) is 14.2 Å². The van der Waals surface area contributed by atoms with Crippen LogP contribution in [-0.2, 0) is 35.2 Å². The topological polar surface area (TPSA) is 78.9 Å². The summed E-state index contributed by atoms with van der Waals surface area (Å²) in [5.41, 5.74) is -1.21. The Morgan fingerprint density at radius 3 is 2.49 bits per heavy atom. The molecule has 0 amide bonds. The van der Waals surface area contributed by atoms with Gasteiger partial charge in [0.15, 0.2) is 0 Å². The van der Waals surface area contributed by atoms with E-state index in [1.165, 1.54) is 6.92 Å². The molecule has 0 aromatic heterocycles. The highest BCUT2D eigenvalue weighted by Crippen LogP contribution is 2.68. The molecule has 6 heteroatoms. The second-order valence-electron chi connectivity index (χ2n) is 11.7. The van der Waals surface area contributed by atoms with Gasteiger partial charge in [-0.1, -0.05) is 50.3 Å². The number of benzene rings is 1. The molecular formula is C29H36O6. The molecule has 6 nitrogen and oxygen atoms in total. The fourth-order valence-corrected chi connectivity index (χ4v) is 8.30. The highest BCUT2D eigenvalue weighted by Gasteiger charge is 2.70. The summed E-state index contributed by atoms with van der Waals surface area (Å²) in [6.45, 7) is 9.96. The molecular weight excluding hydrogens is 444 g/mol. The number of carbonyl (C=O) groups excluding carboxylic acids is 3. The number of rotatable bonds is 4. The van der Waals surface area contributed by atoms with Crippen LogP contribution in [0.3, 0.4) is 0 Å². The Morgan fingerprint density at radius 1 is 1.06 bits per heavy atom. The third-order valence-electron chi connectivity index (χ3n) is 9.80. The summed E-state index contributed by atoms with van der Waals surface area (Å²) in [7, 11) is 0. The summed E-state index contributed by atoms with van der Waals surface area (Å²) in [6, 6.07) is 9.77. The molecule has 1 heterocycles. The maximum Gasteiger partial charge on any atom is 0.338 e. The number of carbonyl (C=O) groups is 3. The number of esters is 3. The first-order valence-corrected chi connectivity index (χ1v) is 12.9. The quantitative estimate of drug-likeness (QED) is 0.331. The lowest BCUT2D eigenvalue weighted by molar-refractivity contribution is -0.251. The van der Waals surface area contributed by atoms with Crippen LogP contribution in [0.15, 0.2) is 42.5 Å². The van der Waals surface area contributed by atoms with E-state index in [9.17, 15) is 14.4 Å². The monoisotopic (exact) mass is 480 g/mol. The molecule has 1 aromatic rings. The van der Waals surface area contributed by atoms with Gasteiger partial charge in [0.2, 0.25) is 0 Å². The molecule has 1 spiro atoms. The Morgan fingerprint density at radius 2 is 1.77 bits per heavy atom. The van der Waals surface area contributed by atoms with Crippen molar-refractivity contribution in [2.75, 3.05) is 0 Å². The minimum atomic E-state index is -0.979. The minimum absolute atomic E-state index is 0.0935. The van der Waals surface area contributed by atoms with Crippen molar-refractivity contribution in [1.82, 2.24) is 0 Å². The number of hydrogen-bond acceptors (Lipinski definition) is 6. The van der Waals surface area contributed by atoms with E-state index < -0.39 is 28.6 Å². The van der Waals surface area contributed by atoms with Crippen LogP contribution < -0.4 is 0 Å². The van der Waals surface area contributed by atoms with Crippen molar-refractivity contribution in [1.29, 1.82) is 0 Å². The van der Waals surface area contributed by atoms with Crippen LogP contribution in [0.25, 0.3) is 0 Å². The van der Waals surface area contributed by atoms with E-state index in [1.807, 2.05) is 30.3 Å². The van der Waals surface area contributed by atoms with Gasteiger partial charge in [0, 0.05) is 19.3 Å². The van der Waals surface area contributed by atoms with Crippen molar-refractivity contribution in [3.05, 3.63) is 48.0 Å². The van der Waals surface area contributed by atoms with Gasteiger partial charge < -0.3 is 14.2 Å². The van der Waals surface area contributed by atoms with Crippen molar-refractivity contribution in [2.45, 2.75) is 89.9 Å². The molecule has 4 aliphatic rings. The largest absolute Gasteiger partial charge is 0.460 e. The average molecular weight is 481 g/mol. The first kappa shape index (κ1) is 24.1. The molecule has 0 unspecified atom stereocenters. The molecule has 1 aliphatic heterocycles. The summed E-state index contributed by atoms with van der Waals surface area (Å²) in [4.78, 5) is 38.5. The maximum absolute atomic E-state index is 13.6. The van der Waals surface area contributed by atoms with Gasteiger partial charge in [-0.2, -0.15) is 0 Å². The third kappa shape index (κ3) is 3.63. The Bertz CT molecular complexity index is 1060. The summed E-state index contributed by atoms with van der Waals surface area (Å²) >= 11 is 0. The number of hydrogen-bond donors (Lipinski definition) is 0. The average Bonchev–Trinajstić information content (AvgIpc) is 2.81. The van der Waals surface area contributed by atoms with Gasteiger partial charge in [0.1, 0.15) is 17.8 Å². The van der Waals surface area contributed by atoms with Crippen molar-refractivity contribution in [2.24, 2.45) is 22.7 Å². The Kier molecular flexibility index (Phi) is 5.65. The smallest absolute Gasteiger partial charge is 0.338 e. The first-order chi connectivity index (χ1) is 16.5. The summed E-state index contributed by atoms with van der Waals surface area (Å²) < 4.78 is 17.8.